The number of rotatable bonds is 2. The van der Waals surface area contributed by atoms with Gasteiger partial charge in [-0.15, -0.1) is 0 Å². The van der Waals surface area contributed by atoms with Crippen LogP contribution in [0.4, 0.5) is 0 Å². The van der Waals surface area contributed by atoms with E-state index in [1.807, 2.05) is 0 Å². The Hall–Kier alpha value is -0.170. The molecule has 0 amide bonds. The maximum absolute atomic E-state index is 4.61. The van der Waals surface area contributed by atoms with E-state index in [9.17, 15) is 0 Å². The molecule has 1 heteroatoms. The second kappa shape index (κ2) is 3.48. The lowest BCUT2D eigenvalue weighted by Gasteiger charge is -2.24. The second-order valence-electron chi connectivity index (χ2n) is 3.27. The summed E-state index contributed by atoms with van der Waals surface area (Å²) in [6, 6.07) is 0. The van der Waals surface area contributed by atoms with E-state index in [1.54, 1.807) is 0 Å². The molecule has 1 rings (SSSR count). The Labute approximate surface area is 74.8 Å². The first-order chi connectivity index (χ1) is 5.17. The van der Waals surface area contributed by atoms with E-state index in [-0.39, 0.29) is 4.75 Å². The zero-order valence-electron chi connectivity index (χ0n) is 7.30. The monoisotopic (exact) mass is 168 g/mol. The molecule has 1 atom stereocenters. The maximum atomic E-state index is 4.61. The van der Waals surface area contributed by atoms with Gasteiger partial charge in [0, 0.05) is 4.75 Å². The Morgan fingerprint density at radius 2 is 2.27 bits per heavy atom. The van der Waals surface area contributed by atoms with E-state index in [4.69, 9.17) is 0 Å². The highest BCUT2D eigenvalue weighted by Gasteiger charge is 2.20. The van der Waals surface area contributed by atoms with Gasteiger partial charge in [-0.1, -0.05) is 25.2 Å². The first-order valence-electron chi connectivity index (χ1n) is 4.26. The Bertz CT molecular complexity index is 187. The molecule has 0 aliphatic heterocycles. The van der Waals surface area contributed by atoms with Crippen LogP contribution in [0.2, 0.25) is 0 Å². The van der Waals surface area contributed by atoms with Gasteiger partial charge in [-0.25, -0.2) is 0 Å². The third-order valence-electron chi connectivity index (χ3n) is 2.31. The summed E-state index contributed by atoms with van der Waals surface area (Å²) >= 11 is 4.61. The molecule has 1 aliphatic rings. The molecule has 0 fully saturated rings. The van der Waals surface area contributed by atoms with Gasteiger partial charge in [0.25, 0.3) is 0 Å². The normalized spacial score (nSPS) is 22.6. The Kier molecular flexibility index (Phi) is 2.83. The minimum absolute atomic E-state index is 0.0803. The summed E-state index contributed by atoms with van der Waals surface area (Å²) in [4.78, 5) is 0. The first kappa shape index (κ1) is 8.92. The van der Waals surface area contributed by atoms with Gasteiger partial charge < -0.3 is 0 Å². The number of hydrogen-bond acceptors (Lipinski definition) is 1. The lowest BCUT2D eigenvalue weighted by Crippen LogP contribution is -2.17. The fraction of sp³-hybridized carbons (Fsp3) is 0.600. The molecular formula is C10H16S. The van der Waals surface area contributed by atoms with Crippen molar-refractivity contribution in [2.75, 3.05) is 0 Å². The Balaban J connectivity index is 2.73. The van der Waals surface area contributed by atoms with Gasteiger partial charge in [0.1, 0.15) is 0 Å². The molecule has 0 saturated carbocycles. The van der Waals surface area contributed by atoms with E-state index in [0.29, 0.717) is 0 Å². The summed E-state index contributed by atoms with van der Waals surface area (Å²) in [6.45, 7) is 4.36. The van der Waals surface area contributed by atoms with Crippen molar-refractivity contribution in [1.29, 1.82) is 0 Å². The van der Waals surface area contributed by atoms with Crippen molar-refractivity contribution in [3.8, 4) is 0 Å². The van der Waals surface area contributed by atoms with Crippen molar-refractivity contribution < 1.29 is 0 Å². The third-order valence-corrected chi connectivity index (χ3v) is 2.88. The van der Waals surface area contributed by atoms with Crippen LogP contribution >= 0.6 is 12.6 Å². The highest BCUT2D eigenvalue weighted by Crippen LogP contribution is 2.30. The van der Waals surface area contributed by atoms with Crippen LogP contribution in [-0.4, -0.2) is 4.75 Å². The van der Waals surface area contributed by atoms with Crippen molar-refractivity contribution >= 4 is 12.6 Å². The highest BCUT2D eigenvalue weighted by atomic mass is 32.1. The Morgan fingerprint density at radius 1 is 1.55 bits per heavy atom. The van der Waals surface area contributed by atoms with Crippen molar-refractivity contribution in [2.24, 2.45) is 0 Å². The molecule has 11 heavy (non-hydrogen) atoms. The molecule has 0 aromatic rings. The van der Waals surface area contributed by atoms with Gasteiger partial charge in [-0.05, 0) is 31.8 Å². The summed E-state index contributed by atoms with van der Waals surface area (Å²) in [7, 11) is 0. The minimum Gasteiger partial charge on any atom is -0.168 e. The molecule has 1 unspecified atom stereocenters. The third kappa shape index (κ3) is 2.13. The van der Waals surface area contributed by atoms with Crippen molar-refractivity contribution in [1.82, 2.24) is 0 Å². The van der Waals surface area contributed by atoms with E-state index in [0.717, 1.165) is 6.42 Å². The van der Waals surface area contributed by atoms with Gasteiger partial charge in [-0.3, -0.25) is 0 Å². The molecule has 0 bridgehead atoms. The first-order valence-corrected chi connectivity index (χ1v) is 4.71. The number of hydrogen-bond donors (Lipinski definition) is 1. The van der Waals surface area contributed by atoms with Gasteiger partial charge >= 0.3 is 0 Å². The molecule has 62 valence electrons. The van der Waals surface area contributed by atoms with Crippen LogP contribution < -0.4 is 0 Å². The Morgan fingerprint density at radius 3 is 2.73 bits per heavy atom. The minimum atomic E-state index is 0.0803. The summed E-state index contributed by atoms with van der Waals surface area (Å²) < 4.78 is 0.0803. The predicted molar refractivity (Wildman–Crippen MR) is 54.1 cm³/mol. The summed E-state index contributed by atoms with van der Waals surface area (Å²) in [5.41, 5.74) is 1.38. The van der Waals surface area contributed by atoms with Crippen LogP contribution in [0.3, 0.4) is 0 Å². The lowest BCUT2D eigenvalue weighted by molar-refractivity contribution is 0.723. The fourth-order valence-electron chi connectivity index (χ4n) is 1.22. The molecule has 0 radical (unpaired) electrons. The van der Waals surface area contributed by atoms with E-state index >= 15 is 0 Å². The maximum Gasteiger partial charge on any atom is 0.0344 e. The second-order valence-corrected chi connectivity index (χ2v) is 4.25. The molecule has 0 heterocycles. The fourth-order valence-corrected chi connectivity index (χ4v) is 1.38. The number of allylic oxidation sites excluding steroid dienone is 3. The molecule has 0 aromatic heterocycles. The van der Waals surface area contributed by atoms with Crippen LogP contribution in [0.25, 0.3) is 0 Å². The average molecular weight is 168 g/mol. The van der Waals surface area contributed by atoms with Gasteiger partial charge in [0.15, 0.2) is 0 Å². The quantitative estimate of drug-likeness (QED) is 0.600. The molecule has 0 nitrogen and oxygen atoms in total. The molecule has 1 aliphatic carbocycles. The van der Waals surface area contributed by atoms with Crippen LogP contribution in [0, 0.1) is 0 Å². The SMILES string of the molecule is CCC(C)(S)C1=CCCC=C1. The summed E-state index contributed by atoms with van der Waals surface area (Å²) in [6.07, 6.45) is 10.2. The molecule has 0 aromatic carbocycles. The molecule has 0 spiro atoms. The summed E-state index contributed by atoms with van der Waals surface area (Å²) in [5.74, 6) is 0. The zero-order valence-corrected chi connectivity index (χ0v) is 8.20. The van der Waals surface area contributed by atoms with Crippen molar-refractivity contribution in [2.45, 2.75) is 37.9 Å². The molecule has 0 N–H and O–H groups in total. The van der Waals surface area contributed by atoms with Crippen LogP contribution in [-0.2, 0) is 0 Å². The van der Waals surface area contributed by atoms with Crippen molar-refractivity contribution in [3.63, 3.8) is 0 Å². The largest absolute Gasteiger partial charge is 0.168 e. The van der Waals surface area contributed by atoms with Crippen LogP contribution in [0.15, 0.2) is 23.8 Å². The summed E-state index contributed by atoms with van der Waals surface area (Å²) in [5, 5.41) is 0. The zero-order chi connectivity index (χ0) is 8.32. The van der Waals surface area contributed by atoms with E-state index in [2.05, 4.69) is 44.7 Å². The number of thiol groups is 1. The average Bonchev–Trinajstić information content (AvgIpc) is 2.06. The van der Waals surface area contributed by atoms with Gasteiger partial charge in [0.05, 0.1) is 0 Å². The van der Waals surface area contributed by atoms with Crippen LogP contribution in [0.5, 0.6) is 0 Å². The van der Waals surface area contributed by atoms with Crippen molar-refractivity contribution in [3.05, 3.63) is 23.8 Å². The highest BCUT2D eigenvalue weighted by molar-refractivity contribution is 7.82. The standard InChI is InChI=1S/C10H16S/c1-3-10(2,11)9-7-5-4-6-8-9/h5,7-8,11H,3-4,6H2,1-2H3. The smallest absolute Gasteiger partial charge is 0.0344 e. The molecular weight excluding hydrogens is 152 g/mol. The topological polar surface area (TPSA) is 0 Å². The van der Waals surface area contributed by atoms with Crippen LogP contribution in [0.1, 0.15) is 33.1 Å². The van der Waals surface area contributed by atoms with Gasteiger partial charge in [0.2, 0.25) is 0 Å². The van der Waals surface area contributed by atoms with E-state index in [1.165, 1.54) is 18.4 Å². The lowest BCUT2D eigenvalue weighted by atomic mass is 9.93. The van der Waals surface area contributed by atoms with E-state index < -0.39 is 0 Å². The molecule has 0 saturated heterocycles. The van der Waals surface area contributed by atoms with Gasteiger partial charge in [-0.2, -0.15) is 12.6 Å². The predicted octanol–water partition coefficient (Wildman–Crippen LogP) is 3.36.